The third kappa shape index (κ3) is 3.62. The summed E-state index contributed by atoms with van der Waals surface area (Å²) >= 11 is 5.83. The predicted octanol–water partition coefficient (Wildman–Crippen LogP) is 2.89. The van der Waals surface area contributed by atoms with E-state index in [1.54, 1.807) is 24.3 Å². The zero-order valence-corrected chi connectivity index (χ0v) is 11.0. The lowest BCUT2D eigenvalue weighted by Gasteiger charge is -2.34. The summed E-state index contributed by atoms with van der Waals surface area (Å²) in [5, 5.41) is 6.37. The molecule has 1 amide bonds. The van der Waals surface area contributed by atoms with Crippen LogP contribution in [0.5, 0.6) is 0 Å². The maximum Gasteiger partial charge on any atom is 0.411 e. The lowest BCUT2D eigenvalue weighted by molar-refractivity contribution is 0.0257. The molecule has 0 bridgehead atoms. The van der Waals surface area contributed by atoms with E-state index >= 15 is 0 Å². The number of benzene rings is 1. The smallest absolute Gasteiger partial charge is 0.411 e. The molecule has 0 aliphatic heterocycles. The van der Waals surface area contributed by atoms with E-state index in [2.05, 4.69) is 10.6 Å². The van der Waals surface area contributed by atoms with Crippen molar-refractivity contribution in [2.24, 2.45) is 5.92 Å². The second-order valence-corrected chi connectivity index (χ2v) is 4.99. The third-order valence-corrected chi connectivity index (χ3v) is 3.27. The molecule has 0 spiro atoms. The van der Waals surface area contributed by atoms with Crippen LogP contribution in [0.3, 0.4) is 0 Å². The van der Waals surface area contributed by atoms with Gasteiger partial charge in [0.2, 0.25) is 0 Å². The monoisotopic (exact) mass is 268 g/mol. The van der Waals surface area contributed by atoms with Crippen molar-refractivity contribution in [1.82, 2.24) is 5.32 Å². The minimum absolute atomic E-state index is 0.0440. The molecule has 98 valence electrons. The number of rotatable bonds is 4. The highest BCUT2D eigenvalue weighted by Gasteiger charge is 2.31. The van der Waals surface area contributed by atoms with Gasteiger partial charge in [-0.3, -0.25) is 5.32 Å². The number of hydrogen-bond acceptors (Lipinski definition) is 3. The maximum absolute atomic E-state index is 11.6. The van der Waals surface area contributed by atoms with Crippen molar-refractivity contribution in [3.63, 3.8) is 0 Å². The number of carbonyl (C=O) groups excluding carboxylic acids is 1. The maximum atomic E-state index is 11.6. The van der Waals surface area contributed by atoms with Crippen LogP contribution in [0.2, 0.25) is 5.02 Å². The largest absolute Gasteiger partial charge is 0.446 e. The minimum atomic E-state index is -0.412. The fraction of sp³-hybridized carbons (Fsp3) is 0.462. The summed E-state index contributed by atoms with van der Waals surface area (Å²) in [5.41, 5.74) is 0.651. The van der Waals surface area contributed by atoms with E-state index in [-0.39, 0.29) is 6.10 Å². The van der Waals surface area contributed by atoms with Gasteiger partial charge in [-0.05, 0) is 50.6 Å². The summed E-state index contributed by atoms with van der Waals surface area (Å²) in [5.74, 6) is 0.624. The number of nitrogens with one attached hydrogen (secondary N) is 2. The second-order valence-electron chi connectivity index (χ2n) is 4.56. The van der Waals surface area contributed by atoms with Crippen LogP contribution in [0, 0.1) is 5.92 Å². The Hall–Kier alpha value is -1.26. The van der Waals surface area contributed by atoms with E-state index in [1.165, 1.54) is 0 Å². The molecule has 1 aromatic carbocycles. The van der Waals surface area contributed by atoms with E-state index in [0.29, 0.717) is 16.6 Å². The number of carbonyl (C=O) groups is 1. The predicted molar refractivity (Wildman–Crippen MR) is 72.0 cm³/mol. The van der Waals surface area contributed by atoms with E-state index in [0.717, 1.165) is 19.4 Å². The van der Waals surface area contributed by atoms with Gasteiger partial charge in [0.1, 0.15) is 6.10 Å². The highest BCUT2D eigenvalue weighted by atomic mass is 35.5. The fourth-order valence-electron chi connectivity index (χ4n) is 2.09. The Morgan fingerprint density at radius 1 is 1.50 bits per heavy atom. The first kappa shape index (κ1) is 13.2. The van der Waals surface area contributed by atoms with Gasteiger partial charge >= 0.3 is 6.09 Å². The molecule has 1 aliphatic rings. The van der Waals surface area contributed by atoms with Gasteiger partial charge in [-0.2, -0.15) is 0 Å². The molecule has 4 nitrogen and oxygen atoms in total. The van der Waals surface area contributed by atoms with Crippen molar-refractivity contribution < 1.29 is 9.53 Å². The number of hydrogen-bond donors (Lipinski definition) is 2. The molecule has 1 fully saturated rings. The molecule has 5 heteroatoms. The first-order valence-corrected chi connectivity index (χ1v) is 6.43. The van der Waals surface area contributed by atoms with Crippen molar-refractivity contribution >= 4 is 23.4 Å². The summed E-state index contributed by atoms with van der Waals surface area (Å²) in [7, 11) is 1.93. The third-order valence-electron chi connectivity index (χ3n) is 3.03. The summed E-state index contributed by atoms with van der Waals surface area (Å²) in [4.78, 5) is 11.6. The van der Waals surface area contributed by atoms with Crippen LogP contribution in [-0.2, 0) is 4.74 Å². The summed E-state index contributed by atoms with van der Waals surface area (Å²) in [6.07, 6.45) is 1.50. The average molecular weight is 269 g/mol. The van der Waals surface area contributed by atoms with E-state index in [9.17, 15) is 4.79 Å². The number of amides is 1. The molecule has 1 aliphatic carbocycles. The molecule has 0 atom stereocenters. The summed E-state index contributed by atoms with van der Waals surface area (Å²) < 4.78 is 5.29. The second kappa shape index (κ2) is 6.07. The van der Waals surface area contributed by atoms with Crippen LogP contribution in [-0.4, -0.2) is 25.8 Å². The molecule has 1 saturated carbocycles. The average Bonchev–Trinajstić information content (AvgIpc) is 2.26. The van der Waals surface area contributed by atoms with Crippen LogP contribution >= 0.6 is 11.6 Å². The Morgan fingerprint density at radius 2 is 2.28 bits per heavy atom. The highest BCUT2D eigenvalue weighted by Crippen LogP contribution is 2.29. The van der Waals surface area contributed by atoms with Crippen molar-refractivity contribution in [2.45, 2.75) is 18.9 Å². The van der Waals surface area contributed by atoms with Crippen molar-refractivity contribution in [1.29, 1.82) is 0 Å². The van der Waals surface area contributed by atoms with Crippen molar-refractivity contribution in [3.05, 3.63) is 29.3 Å². The number of ether oxygens (including phenoxy) is 1. The number of halogens is 1. The molecule has 2 rings (SSSR count). The van der Waals surface area contributed by atoms with E-state index in [4.69, 9.17) is 16.3 Å². The zero-order valence-electron chi connectivity index (χ0n) is 10.3. The molecule has 18 heavy (non-hydrogen) atoms. The molecular weight excluding hydrogens is 252 g/mol. The summed E-state index contributed by atoms with van der Waals surface area (Å²) in [6, 6.07) is 7.00. The van der Waals surface area contributed by atoms with Gasteiger partial charge in [0, 0.05) is 10.7 Å². The van der Waals surface area contributed by atoms with E-state index in [1.807, 2.05) is 7.05 Å². The molecule has 0 unspecified atom stereocenters. The summed E-state index contributed by atoms with van der Waals surface area (Å²) in [6.45, 7) is 0.982. The minimum Gasteiger partial charge on any atom is -0.446 e. The van der Waals surface area contributed by atoms with Crippen molar-refractivity contribution in [2.75, 3.05) is 18.9 Å². The Labute approximate surface area is 112 Å². The Bertz CT molecular complexity index is 419. The molecule has 0 saturated heterocycles. The normalized spacial score (nSPS) is 22.1. The Morgan fingerprint density at radius 3 is 2.94 bits per heavy atom. The van der Waals surface area contributed by atoms with Crippen LogP contribution in [0.4, 0.5) is 10.5 Å². The lowest BCUT2D eigenvalue weighted by Crippen LogP contribution is -2.38. The lowest BCUT2D eigenvalue weighted by atomic mass is 9.82. The van der Waals surface area contributed by atoms with Crippen molar-refractivity contribution in [3.8, 4) is 0 Å². The fourth-order valence-corrected chi connectivity index (χ4v) is 2.28. The van der Waals surface area contributed by atoms with Gasteiger partial charge in [0.25, 0.3) is 0 Å². The van der Waals surface area contributed by atoms with Gasteiger partial charge < -0.3 is 10.1 Å². The van der Waals surface area contributed by atoms with Gasteiger partial charge in [-0.1, -0.05) is 17.7 Å². The van der Waals surface area contributed by atoms with Gasteiger partial charge in [-0.25, -0.2) is 4.79 Å². The highest BCUT2D eigenvalue weighted by molar-refractivity contribution is 6.30. The molecule has 0 radical (unpaired) electrons. The van der Waals surface area contributed by atoms with Crippen LogP contribution in [0.15, 0.2) is 24.3 Å². The Kier molecular flexibility index (Phi) is 4.44. The molecular formula is C13H17ClN2O2. The van der Waals surface area contributed by atoms with E-state index < -0.39 is 6.09 Å². The van der Waals surface area contributed by atoms with Gasteiger partial charge in [-0.15, -0.1) is 0 Å². The topological polar surface area (TPSA) is 50.4 Å². The standard InChI is InChI=1S/C13H17ClN2O2/c1-15-8-9-5-12(6-9)18-13(17)16-11-4-2-3-10(14)7-11/h2-4,7,9,12,15H,5-6,8H2,1H3,(H,16,17). The molecule has 0 aromatic heterocycles. The molecule has 0 heterocycles. The van der Waals surface area contributed by atoms with Crippen LogP contribution in [0.25, 0.3) is 0 Å². The Balaban J connectivity index is 1.73. The number of anilines is 1. The molecule has 2 N–H and O–H groups in total. The SMILES string of the molecule is CNCC1CC(OC(=O)Nc2cccc(Cl)c2)C1. The van der Waals surface area contributed by atoms with Gasteiger partial charge in [0.15, 0.2) is 0 Å². The van der Waals surface area contributed by atoms with Crippen LogP contribution < -0.4 is 10.6 Å². The molecule has 1 aromatic rings. The first-order chi connectivity index (χ1) is 8.67. The quantitative estimate of drug-likeness (QED) is 0.883. The van der Waals surface area contributed by atoms with Crippen LogP contribution in [0.1, 0.15) is 12.8 Å². The first-order valence-electron chi connectivity index (χ1n) is 6.05. The zero-order chi connectivity index (χ0) is 13.0. The van der Waals surface area contributed by atoms with Gasteiger partial charge in [0.05, 0.1) is 0 Å².